The molecule has 0 aliphatic rings. The van der Waals surface area contributed by atoms with Crippen molar-refractivity contribution in [1.29, 1.82) is 0 Å². The van der Waals surface area contributed by atoms with E-state index in [0.29, 0.717) is 6.42 Å². The van der Waals surface area contributed by atoms with Gasteiger partial charge in [-0.25, -0.2) is 4.79 Å². The van der Waals surface area contributed by atoms with Gasteiger partial charge in [0.2, 0.25) is 0 Å². The van der Waals surface area contributed by atoms with Crippen molar-refractivity contribution >= 4 is 6.09 Å². The van der Waals surface area contributed by atoms with E-state index in [9.17, 15) is 18.0 Å². The van der Waals surface area contributed by atoms with Crippen molar-refractivity contribution in [3.05, 3.63) is 0 Å². The molecule has 0 aliphatic heterocycles. The molecule has 0 atom stereocenters. The quantitative estimate of drug-likeness (QED) is 0.697. The van der Waals surface area contributed by atoms with E-state index in [-0.39, 0.29) is 12.6 Å². The van der Waals surface area contributed by atoms with Crippen LogP contribution in [0, 0.1) is 0 Å². The highest BCUT2D eigenvalue weighted by Crippen LogP contribution is 2.16. The van der Waals surface area contributed by atoms with Gasteiger partial charge in [-0.1, -0.05) is 6.92 Å². The maximum absolute atomic E-state index is 11.8. The van der Waals surface area contributed by atoms with Crippen LogP contribution < -0.4 is 0 Å². The number of hydrogen-bond donors (Lipinski definition) is 0. The Bertz CT molecular complexity index is 219. The summed E-state index contributed by atoms with van der Waals surface area (Å²) in [4.78, 5) is 12.2. The molecule has 0 N–H and O–H groups in total. The molecule has 4 nitrogen and oxygen atoms in total. The summed E-state index contributed by atoms with van der Waals surface area (Å²) in [6.07, 6.45) is -5.41. The molecule has 7 heteroatoms. The second kappa shape index (κ2) is 6.57. The van der Waals surface area contributed by atoms with Crippen LogP contribution in [0.5, 0.6) is 0 Å². The molecule has 0 unspecified atom stereocenters. The summed E-state index contributed by atoms with van der Waals surface area (Å²) in [7, 11) is 0. The number of carbonyl (C=O) groups is 1. The van der Waals surface area contributed by atoms with Crippen molar-refractivity contribution < 1.29 is 27.4 Å². The van der Waals surface area contributed by atoms with Crippen molar-refractivity contribution in [3.8, 4) is 0 Å². The molecule has 0 saturated carbocycles. The highest BCUT2D eigenvalue weighted by atomic mass is 19.4. The Hall–Kier alpha value is -0.980. The van der Waals surface area contributed by atoms with Gasteiger partial charge in [-0.05, 0) is 20.3 Å². The van der Waals surface area contributed by atoms with Gasteiger partial charge in [-0.2, -0.15) is 0 Å². The van der Waals surface area contributed by atoms with Gasteiger partial charge in [0.1, 0.15) is 6.73 Å². The molecule has 0 radical (unpaired) electrons. The van der Waals surface area contributed by atoms with Crippen molar-refractivity contribution in [2.24, 2.45) is 0 Å². The Morgan fingerprint density at radius 1 is 1.38 bits per heavy atom. The van der Waals surface area contributed by atoms with E-state index in [2.05, 4.69) is 4.74 Å². The smallest absolute Gasteiger partial charge is 0.447 e. The van der Waals surface area contributed by atoms with Crippen LogP contribution in [0.4, 0.5) is 18.0 Å². The van der Waals surface area contributed by atoms with Crippen LogP contribution in [0.1, 0.15) is 27.2 Å². The van der Waals surface area contributed by atoms with Crippen molar-refractivity contribution in [1.82, 2.24) is 4.90 Å². The molecule has 0 aromatic rings. The first-order valence-electron chi connectivity index (χ1n) is 4.92. The number of carbonyl (C=O) groups excluding carboxylic acids is 1. The van der Waals surface area contributed by atoms with E-state index in [0.717, 1.165) is 4.90 Å². The van der Waals surface area contributed by atoms with Gasteiger partial charge in [0, 0.05) is 6.54 Å². The summed E-state index contributed by atoms with van der Waals surface area (Å²) >= 11 is 0. The van der Waals surface area contributed by atoms with Crippen LogP contribution in [0.15, 0.2) is 0 Å². The van der Waals surface area contributed by atoms with Gasteiger partial charge in [0.25, 0.3) is 0 Å². The maximum Gasteiger partial charge on any atom is 0.524 e. The molecule has 0 aromatic heterocycles. The minimum Gasteiger partial charge on any atom is -0.447 e. The predicted molar refractivity (Wildman–Crippen MR) is 50.6 cm³/mol. The van der Waals surface area contributed by atoms with Crippen molar-refractivity contribution in [3.63, 3.8) is 0 Å². The first kappa shape index (κ1) is 15.0. The summed E-state index contributed by atoms with van der Waals surface area (Å²) in [5.74, 6) is 0. The van der Waals surface area contributed by atoms with Gasteiger partial charge in [0.15, 0.2) is 0 Å². The third-order valence-corrected chi connectivity index (χ3v) is 1.47. The average molecular weight is 243 g/mol. The molecule has 0 spiro atoms. The average Bonchev–Trinajstić information content (AvgIpc) is 2.09. The van der Waals surface area contributed by atoms with Crippen LogP contribution in [-0.2, 0) is 9.47 Å². The molecule has 0 aliphatic carbocycles. The third kappa shape index (κ3) is 7.33. The lowest BCUT2D eigenvalue weighted by atomic mass is 10.4. The molecule has 0 fully saturated rings. The lowest BCUT2D eigenvalue weighted by Gasteiger charge is -2.23. The first-order valence-corrected chi connectivity index (χ1v) is 4.92. The Balaban J connectivity index is 4.20. The van der Waals surface area contributed by atoms with Gasteiger partial charge >= 0.3 is 12.5 Å². The maximum atomic E-state index is 11.8. The lowest BCUT2D eigenvalue weighted by molar-refractivity contribution is -0.334. The fraction of sp³-hybridized carbons (Fsp3) is 0.889. The van der Waals surface area contributed by atoms with E-state index in [1.54, 1.807) is 20.8 Å². The first-order chi connectivity index (χ1) is 7.26. The number of rotatable bonds is 5. The van der Waals surface area contributed by atoms with E-state index in [4.69, 9.17) is 4.74 Å². The summed E-state index contributed by atoms with van der Waals surface area (Å²) in [6, 6.07) is 0. The van der Waals surface area contributed by atoms with Crippen molar-refractivity contribution in [2.75, 3.05) is 13.3 Å². The van der Waals surface area contributed by atoms with E-state index < -0.39 is 19.2 Å². The highest BCUT2D eigenvalue weighted by Gasteiger charge is 2.31. The number of amides is 1. The topological polar surface area (TPSA) is 38.8 Å². The standard InChI is InChI=1S/C9H16F3NO3/c1-4-5-13(6-15-9(10,11)12)8(14)16-7(2)3/h7H,4-6H2,1-3H3. The molecule has 0 aromatic carbocycles. The third-order valence-electron chi connectivity index (χ3n) is 1.47. The largest absolute Gasteiger partial charge is 0.524 e. The van der Waals surface area contributed by atoms with E-state index in [1.165, 1.54) is 0 Å². The van der Waals surface area contributed by atoms with Crippen LogP contribution >= 0.6 is 0 Å². The zero-order chi connectivity index (χ0) is 12.8. The molecule has 0 bridgehead atoms. The summed E-state index contributed by atoms with van der Waals surface area (Å²) in [6.45, 7) is 4.28. The summed E-state index contributed by atoms with van der Waals surface area (Å²) in [5.41, 5.74) is 0. The molecule has 0 heterocycles. The minimum absolute atomic E-state index is 0.154. The van der Waals surface area contributed by atoms with E-state index >= 15 is 0 Å². The SMILES string of the molecule is CCCN(COC(F)(F)F)C(=O)OC(C)C. The molecule has 0 rings (SSSR count). The molecule has 16 heavy (non-hydrogen) atoms. The number of halogens is 3. The minimum atomic E-state index is -4.75. The van der Waals surface area contributed by atoms with Gasteiger partial charge in [0.05, 0.1) is 6.10 Å². The Kier molecular flexibility index (Phi) is 6.17. The zero-order valence-corrected chi connectivity index (χ0v) is 9.50. The van der Waals surface area contributed by atoms with Gasteiger partial charge in [-0.3, -0.25) is 9.64 Å². The molecule has 96 valence electrons. The lowest BCUT2D eigenvalue weighted by Crippen LogP contribution is -2.37. The second-order valence-electron chi connectivity index (χ2n) is 3.42. The predicted octanol–water partition coefficient (Wildman–Crippen LogP) is 2.74. The summed E-state index contributed by atoms with van der Waals surface area (Å²) < 4.78 is 43.7. The Morgan fingerprint density at radius 2 is 1.94 bits per heavy atom. The zero-order valence-electron chi connectivity index (χ0n) is 9.50. The highest BCUT2D eigenvalue weighted by molar-refractivity contribution is 5.67. The molecular formula is C9H16F3NO3. The second-order valence-corrected chi connectivity index (χ2v) is 3.42. The number of nitrogens with zero attached hydrogens (tertiary/aromatic N) is 1. The van der Waals surface area contributed by atoms with Crippen LogP contribution in [-0.4, -0.2) is 36.7 Å². The van der Waals surface area contributed by atoms with E-state index in [1.807, 2.05) is 0 Å². The normalized spacial score (nSPS) is 11.7. The number of hydrogen-bond acceptors (Lipinski definition) is 3. The molecule has 1 amide bonds. The van der Waals surface area contributed by atoms with Crippen molar-refractivity contribution in [2.45, 2.75) is 39.7 Å². The molecular weight excluding hydrogens is 227 g/mol. The fourth-order valence-corrected chi connectivity index (χ4v) is 0.906. The number of alkyl halides is 3. The number of ether oxygens (including phenoxy) is 2. The Labute approximate surface area is 92.3 Å². The van der Waals surface area contributed by atoms with Gasteiger partial charge < -0.3 is 4.74 Å². The summed E-state index contributed by atoms with van der Waals surface area (Å²) in [5, 5.41) is 0. The fourth-order valence-electron chi connectivity index (χ4n) is 0.906. The monoisotopic (exact) mass is 243 g/mol. The van der Waals surface area contributed by atoms with Crippen LogP contribution in [0.3, 0.4) is 0 Å². The van der Waals surface area contributed by atoms with Crippen LogP contribution in [0.2, 0.25) is 0 Å². The Morgan fingerprint density at radius 3 is 2.31 bits per heavy atom. The van der Waals surface area contributed by atoms with Gasteiger partial charge in [-0.15, -0.1) is 13.2 Å². The van der Waals surface area contributed by atoms with Crippen LogP contribution in [0.25, 0.3) is 0 Å². The molecule has 0 saturated heterocycles.